The molecule has 7 nitrogen and oxygen atoms in total. The molecule has 0 bridgehead atoms. The molecule has 0 atom stereocenters. The van der Waals surface area contributed by atoms with Gasteiger partial charge in [-0.2, -0.15) is 0 Å². The zero-order valence-corrected chi connectivity index (χ0v) is 18.2. The molecule has 2 rings (SSSR count). The van der Waals surface area contributed by atoms with Crippen molar-refractivity contribution in [1.29, 1.82) is 0 Å². The maximum atomic E-state index is 12.1. The van der Waals surface area contributed by atoms with E-state index in [1.165, 1.54) is 12.1 Å². The van der Waals surface area contributed by atoms with Gasteiger partial charge in [-0.3, -0.25) is 4.79 Å². The minimum Gasteiger partial charge on any atom is -0.508 e. The number of rotatable bonds is 5. The van der Waals surface area contributed by atoms with Crippen molar-refractivity contribution in [2.75, 3.05) is 6.54 Å². The molecule has 1 heterocycles. The van der Waals surface area contributed by atoms with Gasteiger partial charge in [-0.15, -0.1) is 0 Å². The van der Waals surface area contributed by atoms with Crippen LogP contribution >= 0.6 is 0 Å². The molecule has 0 radical (unpaired) electrons. The number of aldehydes is 1. The Balaban J connectivity index is 2.34. The van der Waals surface area contributed by atoms with Crippen LogP contribution in [-0.4, -0.2) is 48.0 Å². The molecular formula is C21H30BNO6. The van der Waals surface area contributed by atoms with E-state index in [1.54, 1.807) is 32.9 Å². The highest BCUT2D eigenvalue weighted by atomic mass is 16.7. The molecule has 0 spiro atoms. The summed E-state index contributed by atoms with van der Waals surface area (Å²) in [7, 11) is -0.719. The number of phenolic OH excluding ortho intramolecular Hbond substituents is 1. The van der Waals surface area contributed by atoms with E-state index in [-0.39, 0.29) is 12.3 Å². The van der Waals surface area contributed by atoms with Crippen molar-refractivity contribution >= 4 is 25.6 Å². The molecule has 29 heavy (non-hydrogen) atoms. The summed E-state index contributed by atoms with van der Waals surface area (Å²) in [5, 5.41) is 12.3. The molecule has 0 aliphatic carbocycles. The van der Waals surface area contributed by atoms with Crippen molar-refractivity contribution in [3.63, 3.8) is 0 Å². The Labute approximate surface area is 172 Å². The van der Waals surface area contributed by atoms with Crippen molar-refractivity contribution in [1.82, 2.24) is 5.32 Å². The fourth-order valence-electron chi connectivity index (χ4n) is 2.68. The lowest BCUT2D eigenvalue weighted by Gasteiger charge is -2.32. The Kier molecular flexibility index (Phi) is 6.50. The second-order valence-corrected chi connectivity index (χ2v) is 9.09. The number of aromatic hydroxyl groups is 1. The molecule has 1 fully saturated rings. The zero-order valence-electron chi connectivity index (χ0n) is 18.2. The fourth-order valence-corrected chi connectivity index (χ4v) is 2.68. The van der Waals surface area contributed by atoms with Crippen molar-refractivity contribution in [3.8, 4) is 5.75 Å². The molecular weight excluding hydrogens is 373 g/mol. The third-order valence-corrected chi connectivity index (χ3v) is 4.93. The molecule has 0 aromatic heterocycles. The summed E-state index contributed by atoms with van der Waals surface area (Å²) < 4.78 is 17.5. The number of amides is 1. The number of hydrogen-bond acceptors (Lipinski definition) is 6. The summed E-state index contributed by atoms with van der Waals surface area (Å²) in [5.74, 6) is -0.00619. The van der Waals surface area contributed by atoms with E-state index in [9.17, 15) is 14.7 Å². The Morgan fingerprint density at radius 2 is 1.76 bits per heavy atom. The molecule has 158 valence electrons. The number of carbonyl (C=O) groups excluding carboxylic acids is 2. The topological polar surface area (TPSA) is 94.1 Å². The van der Waals surface area contributed by atoms with Crippen LogP contribution in [0.25, 0.3) is 6.08 Å². The van der Waals surface area contributed by atoms with Gasteiger partial charge in [-0.05, 0) is 71.6 Å². The summed E-state index contributed by atoms with van der Waals surface area (Å²) in [6.07, 6.45) is 1.82. The molecule has 1 aromatic carbocycles. The zero-order chi connectivity index (χ0) is 22.0. The van der Waals surface area contributed by atoms with Crippen LogP contribution in [0.1, 0.15) is 64.4 Å². The molecule has 0 saturated carbocycles. The van der Waals surface area contributed by atoms with Crippen LogP contribution in [0.2, 0.25) is 0 Å². The summed E-state index contributed by atoms with van der Waals surface area (Å²) in [6, 6.07) is 4.49. The quantitative estimate of drug-likeness (QED) is 0.575. The highest BCUT2D eigenvalue weighted by molar-refractivity contribution is 6.56. The van der Waals surface area contributed by atoms with Crippen molar-refractivity contribution in [2.24, 2.45) is 0 Å². The molecule has 1 saturated heterocycles. The van der Waals surface area contributed by atoms with Gasteiger partial charge in [-0.25, -0.2) is 4.79 Å². The van der Waals surface area contributed by atoms with Gasteiger partial charge in [0.1, 0.15) is 11.4 Å². The number of benzene rings is 1. The number of ether oxygens (including phenoxy) is 1. The van der Waals surface area contributed by atoms with E-state index in [1.807, 2.05) is 27.7 Å². The molecule has 1 aliphatic rings. The van der Waals surface area contributed by atoms with Crippen LogP contribution < -0.4 is 5.32 Å². The smallest absolute Gasteiger partial charge is 0.492 e. The van der Waals surface area contributed by atoms with Gasteiger partial charge < -0.3 is 24.5 Å². The van der Waals surface area contributed by atoms with E-state index in [0.717, 1.165) is 0 Å². The number of nitrogens with one attached hydrogen (secondary N) is 1. The molecule has 1 amide bonds. The van der Waals surface area contributed by atoms with Crippen molar-refractivity contribution in [3.05, 3.63) is 34.8 Å². The van der Waals surface area contributed by atoms with Gasteiger partial charge >= 0.3 is 13.2 Å². The largest absolute Gasteiger partial charge is 0.508 e. The second kappa shape index (κ2) is 8.20. The average Bonchev–Trinajstić information content (AvgIpc) is 2.78. The summed E-state index contributed by atoms with van der Waals surface area (Å²) in [6.45, 7) is 13.2. The number of phenols is 1. The molecule has 1 aromatic rings. The molecule has 1 aliphatic heterocycles. The van der Waals surface area contributed by atoms with Crippen LogP contribution in [0.3, 0.4) is 0 Å². The Morgan fingerprint density at radius 3 is 2.28 bits per heavy atom. The Bertz CT molecular complexity index is 794. The monoisotopic (exact) mass is 403 g/mol. The maximum absolute atomic E-state index is 12.1. The highest BCUT2D eigenvalue weighted by Gasteiger charge is 2.52. The average molecular weight is 403 g/mol. The number of carbonyl (C=O) groups is 2. The van der Waals surface area contributed by atoms with E-state index in [2.05, 4.69) is 5.32 Å². The van der Waals surface area contributed by atoms with Crippen molar-refractivity contribution in [2.45, 2.75) is 65.3 Å². The Morgan fingerprint density at radius 1 is 1.17 bits per heavy atom. The first kappa shape index (κ1) is 23.0. The van der Waals surface area contributed by atoms with Gasteiger partial charge in [0.05, 0.1) is 11.2 Å². The summed E-state index contributed by atoms with van der Waals surface area (Å²) >= 11 is 0. The SMILES string of the molecule is CC(C)(C)OC(=O)NCC(=Cc1ccc(O)cc1C=O)B1OC(C)(C)C(C)(C)O1. The maximum Gasteiger partial charge on any atom is 0.492 e. The van der Waals surface area contributed by atoms with Crippen LogP contribution in [0.5, 0.6) is 5.75 Å². The third-order valence-electron chi connectivity index (χ3n) is 4.93. The predicted molar refractivity (Wildman–Crippen MR) is 112 cm³/mol. The normalized spacial score (nSPS) is 18.4. The first-order valence-electron chi connectivity index (χ1n) is 9.55. The Hall–Kier alpha value is -2.32. The third kappa shape index (κ3) is 5.84. The molecule has 2 N–H and O–H groups in total. The lowest BCUT2D eigenvalue weighted by atomic mass is 9.76. The molecule has 0 unspecified atom stereocenters. The highest BCUT2D eigenvalue weighted by Crippen LogP contribution is 2.39. The molecule has 8 heteroatoms. The van der Waals surface area contributed by atoms with Gasteiger partial charge in [0.15, 0.2) is 6.29 Å². The van der Waals surface area contributed by atoms with Gasteiger partial charge in [0.25, 0.3) is 0 Å². The van der Waals surface area contributed by atoms with Gasteiger partial charge in [-0.1, -0.05) is 12.1 Å². The predicted octanol–water partition coefficient (Wildman–Crippen LogP) is 3.74. The van der Waals surface area contributed by atoms with Crippen LogP contribution in [0.15, 0.2) is 23.7 Å². The first-order valence-corrected chi connectivity index (χ1v) is 9.55. The van der Waals surface area contributed by atoms with Gasteiger partial charge in [0.2, 0.25) is 0 Å². The number of alkyl carbamates (subject to hydrolysis) is 1. The lowest BCUT2D eigenvalue weighted by Crippen LogP contribution is -2.41. The van der Waals surface area contributed by atoms with Crippen LogP contribution in [0.4, 0.5) is 4.79 Å². The fraction of sp³-hybridized carbons (Fsp3) is 0.524. The minimum absolute atomic E-state index is 0.00619. The van der Waals surface area contributed by atoms with Crippen LogP contribution in [-0.2, 0) is 14.0 Å². The van der Waals surface area contributed by atoms with E-state index >= 15 is 0 Å². The van der Waals surface area contributed by atoms with E-state index in [4.69, 9.17) is 14.0 Å². The second-order valence-electron chi connectivity index (χ2n) is 9.09. The summed E-state index contributed by atoms with van der Waals surface area (Å²) in [4.78, 5) is 23.5. The van der Waals surface area contributed by atoms with E-state index in [0.29, 0.717) is 22.9 Å². The first-order chi connectivity index (χ1) is 13.2. The standard InChI is InChI=1S/C21H30BNO6/c1-19(2,3)27-18(26)23-12-16(22-28-20(4,5)21(6,7)29-22)10-14-8-9-17(25)11-15(14)13-24/h8-11,13,25H,12H2,1-7H3,(H,23,26). The minimum atomic E-state index is -0.719. The van der Waals surface area contributed by atoms with Crippen molar-refractivity contribution < 1.29 is 28.7 Å². The van der Waals surface area contributed by atoms with Gasteiger partial charge in [0, 0.05) is 12.1 Å². The van der Waals surface area contributed by atoms with Crippen LogP contribution in [0, 0.1) is 0 Å². The van der Waals surface area contributed by atoms with E-state index < -0.39 is 30.0 Å². The lowest BCUT2D eigenvalue weighted by molar-refractivity contribution is 0.00578. The number of hydrogen-bond donors (Lipinski definition) is 2. The summed E-state index contributed by atoms with van der Waals surface area (Å²) in [5.41, 5.74) is -0.246.